The van der Waals surface area contributed by atoms with Gasteiger partial charge >= 0.3 is 0 Å². The zero-order valence-corrected chi connectivity index (χ0v) is 16.0. The highest BCUT2D eigenvalue weighted by molar-refractivity contribution is 7.22. The molecule has 7 nitrogen and oxygen atoms in total. The first kappa shape index (κ1) is 17.5. The Kier molecular flexibility index (Phi) is 4.29. The van der Waals surface area contributed by atoms with Crippen molar-refractivity contribution in [1.29, 1.82) is 0 Å². The Bertz CT molecular complexity index is 1060. The van der Waals surface area contributed by atoms with E-state index in [0.29, 0.717) is 28.5 Å². The molecule has 2 N–H and O–H groups in total. The van der Waals surface area contributed by atoms with Crippen LogP contribution in [0.25, 0.3) is 15.7 Å². The van der Waals surface area contributed by atoms with Gasteiger partial charge in [-0.25, -0.2) is 4.68 Å². The standard InChI is InChI=1S/C17H19ClN4O3S/c1-8(2)16-20-21(7-15(24)19-9-3-10(23)4-9)17(25)12-5-13-11(22(12)16)6-14(18)26-13/h5-6,8-10,23H,3-4,7H2,1-2H3,(H,19,24). The lowest BCUT2D eigenvalue weighted by molar-refractivity contribution is -0.124. The molecular formula is C17H19ClN4O3S. The molecule has 0 saturated heterocycles. The third kappa shape index (κ3) is 2.91. The molecule has 0 bridgehead atoms. The lowest BCUT2D eigenvalue weighted by Crippen LogP contribution is -2.48. The van der Waals surface area contributed by atoms with Crippen LogP contribution in [0.1, 0.15) is 38.4 Å². The van der Waals surface area contributed by atoms with E-state index in [0.717, 1.165) is 10.2 Å². The molecule has 4 rings (SSSR count). The molecule has 3 aromatic heterocycles. The fourth-order valence-electron chi connectivity index (χ4n) is 3.31. The summed E-state index contributed by atoms with van der Waals surface area (Å²) >= 11 is 7.52. The fourth-order valence-corrected chi connectivity index (χ4v) is 4.47. The Morgan fingerprint density at radius 1 is 1.42 bits per heavy atom. The summed E-state index contributed by atoms with van der Waals surface area (Å²) in [5.41, 5.74) is 1.05. The minimum absolute atomic E-state index is 0.0257. The van der Waals surface area contributed by atoms with Crippen molar-refractivity contribution >= 4 is 44.6 Å². The van der Waals surface area contributed by atoms with Gasteiger partial charge in [-0.05, 0) is 25.0 Å². The molecule has 1 fully saturated rings. The van der Waals surface area contributed by atoms with Crippen molar-refractivity contribution in [2.24, 2.45) is 0 Å². The molecule has 0 aliphatic heterocycles. The van der Waals surface area contributed by atoms with Crippen LogP contribution in [-0.4, -0.2) is 37.3 Å². The Morgan fingerprint density at radius 3 is 2.81 bits per heavy atom. The number of carbonyl (C=O) groups excluding carboxylic acids is 1. The molecule has 3 heterocycles. The number of nitrogens with zero attached hydrogens (tertiary/aromatic N) is 3. The van der Waals surface area contributed by atoms with Crippen LogP contribution in [-0.2, 0) is 11.3 Å². The van der Waals surface area contributed by atoms with Gasteiger partial charge in [0.15, 0.2) is 0 Å². The Labute approximate surface area is 158 Å². The second-order valence-electron chi connectivity index (χ2n) is 7.03. The van der Waals surface area contributed by atoms with Crippen LogP contribution in [0.2, 0.25) is 4.34 Å². The second-order valence-corrected chi connectivity index (χ2v) is 8.75. The summed E-state index contributed by atoms with van der Waals surface area (Å²) in [6.45, 7) is 3.85. The molecule has 1 aliphatic rings. The van der Waals surface area contributed by atoms with Crippen molar-refractivity contribution in [1.82, 2.24) is 19.5 Å². The minimum Gasteiger partial charge on any atom is -0.393 e. The lowest BCUT2D eigenvalue weighted by Gasteiger charge is -2.31. The SMILES string of the molecule is CC(C)c1nn(CC(=O)NC2CC(O)C2)c(=O)c2cc3sc(Cl)cc3n12. The number of aliphatic hydroxyl groups is 1. The van der Waals surface area contributed by atoms with Crippen LogP contribution >= 0.6 is 22.9 Å². The first-order chi connectivity index (χ1) is 12.3. The number of hydrogen-bond acceptors (Lipinski definition) is 5. The number of nitrogens with one attached hydrogen (secondary N) is 1. The fraction of sp³-hybridized carbons (Fsp3) is 0.471. The highest BCUT2D eigenvalue weighted by Crippen LogP contribution is 2.32. The molecule has 9 heteroatoms. The summed E-state index contributed by atoms with van der Waals surface area (Å²) in [6, 6.07) is 3.61. The Balaban J connectivity index is 1.74. The molecular weight excluding hydrogens is 376 g/mol. The van der Waals surface area contributed by atoms with Crippen molar-refractivity contribution in [3.05, 3.63) is 32.6 Å². The molecule has 0 unspecified atom stereocenters. The monoisotopic (exact) mass is 394 g/mol. The molecule has 1 aliphatic carbocycles. The quantitative estimate of drug-likeness (QED) is 0.709. The van der Waals surface area contributed by atoms with Crippen LogP contribution in [0.5, 0.6) is 0 Å². The predicted octanol–water partition coefficient (Wildman–Crippen LogP) is 2.13. The summed E-state index contributed by atoms with van der Waals surface area (Å²) in [7, 11) is 0. The molecule has 0 spiro atoms. The molecule has 0 aromatic carbocycles. The average molecular weight is 395 g/mol. The normalized spacial score (nSPS) is 20.0. The van der Waals surface area contributed by atoms with E-state index in [4.69, 9.17) is 11.6 Å². The highest BCUT2D eigenvalue weighted by atomic mass is 35.5. The third-order valence-corrected chi connectivity index (χ3v) is 5.85. The maximum Gasteiger partial charge on any atom is 0.291 e. The van der Waals surface area contributed by atoms with Crippen LogP contribution in [0.15, 0.2) is 16.9 Å². The van der Waals surface area contributed by atoms with Gasteiger partial charge in [-0.3, -0.25) is 14.0 Å². The molecule has 138 valence electrons. The topological polar surface area (TPSA) is 88.6 Å². The number of fused-ring (bicyclic) bond motifs is 3. The molecule has 1 amide bonds. The van der Waals surface area contributed by atoms with Gasteiger partial charge in [-0.2, -0.15) is 5.10 Å². The Hall–Kier alpha value is -1.90. The van der Waals surface area contributed by atoms with Gasteiger partial charge in [0.05, 0.1) is 20.7 Å². The van der Waals surface area contributed by atoms with Gasteiger partial charge in [-0.15, -0.1) is 11.3 Å². The Morgan fingerprint density at radius 2 is 2.15 bits per heavy atom. The smallest absolute Gasteiger partial charge is 0.291 e. The first-order valence-corrected chi connectivity index (χ1v) is 9.72. The third-order valence-electron chi connectivity index (χ3n) is 4.65. The number of aromatic nitrogens is 3. The first-order valence-electron chi connectivity index (χ1n) is 8.52. The van der Waals surface area contributed by atoms with E-state index in [2.05, 4.69) is 10.4 Å². The van der Waals surface area contributed by atoms with Gasteiger partial charge in [0.1, 0.15) is 17.9 Å². The van der Waals surface area contributed by atoms with Gasteiger partial charge in [0.2, 0.25) is 5.91 Å². The van der Waals surface area contributed by atoms with Crippen molar-refractivity contribution < 1.29 is 9.90 Å². The van der Waals surface area contributed by atoms with Crippen molar-refractivity contribution in [2.45, 2.75) is 51.3 Å². The second kappa shape index (κ2) is 6.37. The van der Waals surface area contributed by atoms with Gasteiger partial charge < -0.3 is 10.4 Å². The van der Waals surface area contributed by atoms with Gasteiger partial charge in [0.25, 0.3) is 5.56 Å². The molecule has 3 aromatic rings. The van der Waals surface area contributed by atoms with Crippen molar-refractivity contribution in [2.75, 3.05) is 0 Å². The summed E-state index contributed by atoms with van der Waals surface area (Å²) < 4.78 is 4.63. The van der Waals surface area contributed by atoms with Crippen LogP contribution < -0.4 is 10.9 Å². The molecule has 0 radical (unpaired) electrons. The van der Waals surface area contributed by atoms with Crippen molar-refractivity contribution in [3.63, 3.8) is 0 Å². The van der Waals surface area contributed by atoms with Gasteiger partial charge in [-0.1, -0.05) is 25.4 Å². The van der Waals surface area contributed by atoms with E-state index in [-0.39, 0.29) is 36.1 Å². The number of hydrogen-bond donors (Lipinski definition) is 2. The van der Waals surface area contributed by atoms with Crippen LogP contribution in [0.4, 0.5) is 0 Å². The molecule has 0 atom stereocenters. The minimum atomic E-state index is -0.342. The van der Waals surface area contributed by atoms with E-state index < -0.39 is 0 Å². The maximum atomic E-state index is 12.8. The molecule has 26 heavy (non-hydrogen) atoms. The zero-order valence-electron chi connectivity index (χ0n) is 14.4. The number of halogens is 1. The van der Waals surface area contributed by atoms with Crippen LogP contribution in [0, 0.1) is 0 Å². The largest absolute Gasteiger partial charge is 0.393 e. The van der Waals surface area contributed by atoms with E-state index in [1.807, 2.05) is 24.3 Å². The number of carbonyl (C=O) groups is 1. The summed E-state index contributed by atoms with van der Waals surface area (Å²) in [5, 5.41) is 16.6. The predicted molar refractivity (Wildman–Crippen MR) is 101 cm³/mol. The average Bonchev–Trinajstić information content (AvgIpc) is 3.04. The van der Waals surface area contributed by atoms with Crippen LogP contribution in [0.3, 0.4) is 0 Å². The van der Waals surface area contributed by atoms with Gasteiger partial charge in [0, 0.05) is 12.0 Å². The number of rotatable bonds is 4. The van der Waals surface area contributed by atoms with Crippen molar-refractivity contribution in [3.8, 4) is 0 Å². The summed E-state index contributed by atoms with van der Waals surface area (Å²) in [5.74, 6) is 0.492. The van der Waals surface area contributed by atoms with E-state index in [9.17, 15) is 14.7 Å². The van der Waals surface area contributed by atoms with E-state index in [1.165, 1.54) is 16.0 Å². The summed E-state index contributed by atoms with van der Waals surface area (Å²) in [6.07, 6.45) is 0.769. The number of aliphatic hydroxyl groups excluding tert-OH is 1. The number of amides is 1. The lowest BCUT2D eigenvalue weighted by atomic mass is 9.89. The molecule has 1 saturated carbocycles. The van der Waals surface area contributed by atoms with E-state index >= 15 is 0 Å². The number of thiophene rings is 1. The maximum absolute atomic E-state index is 12.8. The van der Waals surface area contributed by atoms with E-state index in [1.54, 1.807) is 6.07 Å². The zero-order chi connectivity index (χ0) is 18.6. The summed E-state index contributed by atoms with van der Waals surface area (Å²) in [4.78, 5) is 25.1. The highest BCUT2D eigenvalue weighted by Gasteiger charge is 2.28.